The molecule has 0 saturated heterocycles. The third kappa shape index (κ3) is 4.16. The van der Waals surface area contributed by atoms with Crippen molar-refractivity contribution in [2.45, 2.75) is 11.8 Å². The van der Waals surface area contributed by atoms with Gasteiger partial charge in [0, 0.05) is 18.3 Å². The van der Waals surface area contributed by atoms with E-state index in [0.717, 1.165) is 4.31 Å². The lowest BCUT2D eigenvalue weighted by molar-refractivity contribution is -0.116. The maximum atomic E-state index is 12.9. The van der Waals surface area contributed by atoms with E-state index in [1.807, 2.05) is 0 Å². The van der Waals surface area contributed by atoms with Crippen LogP contribution in [0.4, 0.5) is 5.69 Å². The molecule has 0 aromatic heterocycles. The molecule has 1 aliphatic heterocycles. The number of likely N-dealkylation sites (N-methyl/N-ethyl adjacent to an activating group) is 1. The molecule has 0 saturated carbocycles. The number of hydrogen-bond donors (Lipinski definition) is 1. The second-order valence-electron chi connectivity index (χ2n) is 5.84. The number of fused-ring (bicyclic) bond motifs is 1. The molecule has 10 heteroatoms. The van der Waals surface area contributed by atoms with Crippen molar-refractivity contribution in [2.75, 3.05) is 32.3 Å². The van der Waals surface area contributed by atoms with E-state index in [4.69, 9.17) is 25.8 Å². The number of nitrogens with zero attached hydrogens (tertiary/aromatic N) is 1. The van der Waals surface area contributed by atoms with E-state index < -0.39 is 15.9 Å². The van der Waals surface area contributed by atoms with Gasteiger partial charge in [-0.2, -0.15) is 4.31 Å². The summed E-state index contributed by atoms with van der Waals surface area (Å²) >= 11 is 6.03. The van der Waals surface area contributed by atoms with E-state index in [-0.39, 0.29) is 29.8 Å². The van der Waals surface area contributed by atoms with Crippen LogP contribution in [0.15, 0.2) is 41.3 Å². The Morgan fingerprint density at radius 1 is 1.21 bits per heavy atom. The molecule has 0 unspecified atom stereocenters. The Labute approximate surface area is 168 Å². The number of amides is 1. The molecular weight excluding hydrogens is 408 g/mol. The monoisotopic (exact) mass is 426 g/mol. The third-order valence-electron chi connectivity index (χ3n) is 4.09. The standard InChI is InChI=1S/C18H19ClN2O6S/c1-3-21(28(23,24)13-5-7-15(25-2)14(19)9-13)10-18(22)20-12-4-6-16-17(8-12)27-11-26-16/h4-9H,3,10-11H2,1-2H3,(H,20,22). The van der Waals surface area contributed by atoms with Crippen LogP contribution in [0.2, 0.25) is 5.02 Å². The predicted octanol–water partition coefficient (Wildman–Crippen LogP) is 2.73. The van der Waals surface area contributed by atoms with Gasteiger partial charge in [-0.05, 0) is 30.3 Å². The zero-order valence-electron chi connectivity index (χ0n) is 15.3. The van der Waals surface area contributed by atoms with E-state index in [1.54, 1.807) is 25.1 Å². The van der Waals surface area contributed by atoms with Crippen molar-refractivity contribution in [3.05, 3.63) is 41.4 Å². The molecule has 0 bridgehead atoms. The molecule has 150 valence electrons. The van der Waals surface area contributed by atoms with Crippen LogP contribution in [0.3, 0.4) is 0 Å². The first-order chi connectivity index (χ1) is 13.3. The maximum absolute atomic E-state index is 12.9. The summed E-state index contributed by atoms with van der Waals surface area (Å²) in [5.41, 5.74) is 0.482. The number of sulfonamides is 1. The normalized spacial score (nSPS) is 12.9. The van der Waals surface area contributed by atoms with Gasteiger partial charge in [-0.1, -0.05) is 18.5 Å². The van der Waals surface area contributed by atoms with Gasteiger partial charge in [0.1, 0.15) is 5.75 Å². The summed E-state index contributed by atoms with van der Waals surface area (Å²) in [6, 6.07) is 9.10. The van der Waals surface area contributed by atoms with Gasteiger partial charge in [0.2, 0.25) is 22.7 Å². The minimum atomic E-state index is -3.91. The zero-order valence-corrected chi connectivity index (χ0v) is 16.8. The summed E-state index contributed by atoms with van der Waals surface area (Å²) in [4.78, 5) is 12.4. The van der Waals surface area contributed by atoms with Crippen LogP contribution in [0.5, 0.6) is 17.2 Å². The third-order valence-corrected chi connectivity index (χ3v) is 6.30. The number of carbonyl (C=O) groups excluding carboxylic acids is 1. The second-order valence-corrected chi connectivity index (χ2v) is 8.19. The lowest BCUT2D eigenvalue weighted by Gasteiger charge is -2.20. The molecule has 0 atom stereocenters. The van der Waals surface area contributed by atoms with Crippen molar-refractivity contribution in [3.8, 4) is 17.2 Å². The number of anilines is 1. The van der Waals surface area contributed by atoms with Crippen LogP contribution in [-0.2, 0) is 14.8 Å². The zero-order chi connectivity index (χ0) is 20.3. The van der Waals surface area contributed by atoms with Gasteiger partial charge in [-0.25, -0.2) is 8.42 Å². The molecule has 0 fully saturated rings. The van der Waals surface area contributed by atoms with Crippen LogP contribution in [0, 0.1) is 0 Å². The number of nitrogens with one attached hydrogen (secondary N) is 1. The summed E-state index contributed by atoms with van der Waals surface area (Å²) in [7, 11) is -2.47. The van der Waals surface area contributed by atoms with Gasteiger partial charge in [-0.15, -0.1) is 0 Å². The highest BCUT2D eigenvalue weighted by Gasteiger charge is 2.26. The highest BCUT2D eigenvalue weighted by Crippen LogP contribution is 2.34. The van der Waals surface area contributed by atoms with Gasteiger partial charge in [-0.3, -0.25) is 4.79 Å². The molecule has 0 aliphatic carbocycles. The molecule has 2 aromatic carbocycles. The van der Waals surface area contributed by atoms with Gasteiger partial charge in [0.15, 0.2) is 11.5 Å². The molecule has 28 heavy (non-hydrogen) atoms. The largest absolute Gasteiger partial charge is 0.495 e. The fourth-order valence-electron chi connectivity index (χ4n) is 2.66. The highest BCUT2D eigenvalue weighted by molar-refractivity contribution is 7.89. The Balaban J connectivity index is 1.73. The first-order valence-corrected chi connectivity index (χ1v) is 10.2. The number of carbonyl (C=O) groups is 1. The summed E-state index contributed by atoms with van der Waals surface area (Å²) in [6.45, 7) is 1.53. The minimum Gasteiger partial charge on any atom is -0.495 e. The first kappa shape index (κ1) is 20.2. The number of rotatable bonds is 7. The van der Waals surface area contributed by atoms with Gasteiger partial charge in [0.25, 0.3) is 0 Å². The van der Waals surface area contributed by atoms with E-state index in [9.17, 15) is 13.2 Å². The summed E-state index contributed by atoms with van der Waals surface area (Å²) in [5.74, 6) is 0.992. The van der Waals surface area contributed by atoms with E-state index in [0.29, 0.717) is 22.9 Å². The Bertz CT molecular complexity index is 996. The smallest absolute Gasteiger partial charge is 0.243 e. The van der Waals surface area contributed by atoms with E-state index in [1.165, 1.54) is 25.3 Å². The fourth-order valence-corrected chi connectivity index (χ4v) is 4.41. The van der Waals surface area contributed by atoms with Crippen LogP contribution in [0.25, 0.3) is 0 Å². The molecule has 8 nitrogen and oxygen atoms in total. The molecule has 1 N–H and O–H groups in total. The molecule has 3 rings (SSSR count). The number of halogens is 1. The topological polar surface area (TPSA) is 94.2 Å². The Kier molecular flexibility index (Phi) is 5.97. The second kappa shape index (κ2) is 8.26. The van der Waals surface area contributed by atoms with Crippen molar-refractivity contribution in [1.29, 1.82) is 0 Å². The Morgan fingerprint density at radius 3 is 2.64 bits per heavy atom. The molecule has 1 heterocycles. The van der Waals surface area contributed by atoms with Gasteiger partial charge in [0.05, 0.1) is 23.6 Å². The minimum absolute atomic E-state index is 0.0176. The average molecular weight is 427 g/mol. The lowest BCUT2D eigenvalue weighted by Crippen LogP contribution is -2.37. The van der Waals surface area contributed by atoms with Crippen molar-refractivity contribution < 1.29 is 27.4 Å². The SMILES string of the molecule is CCN(CC(=O)Nc1ccc2c(c1)OCO2)S(=O)(=O)c1ccc(OC)c(Cl)c1. The predicted molar refractivity (Wildman–Crippen MR) is 104 cm³/mol. The number of hydrogen-bond acceptors (Lipinski definition) is 6. The van der Waals surface area contributed by atoms with Crippen LogP contribution < -0.4 is 19.5 Å². The summed E-state index contributed by atoms with van der Waals surface area (Å²) < 4.78 is 42.3. The van der Waals surface area contributed by atoms with Crippen molar-refractivity contribution in [1.82, 2.24) is 4.31 Å². The lowest BCUT2D eigenvalue weighted by atomic mass is 10.3. The number of methoxy groups -OCH3 is 1. The van der Waals surface area contributed by atoms with Crippen molar-refractivity contribution in [2.24, 2.45) is 0 Å². The molecule has 0 radical (unpaired) electrons. The van der Waals surface area contributed by atoms with Gasteiger partial charge >= 0.3 is 0 Å². The Hall–Kier alpha value is -2.49. The molecule has 0 spiro atoms. The highest BCUT2D eigenvalue weighted by atomic mass is 35.5. The fraction of sp³-hybridized carbons (Fsp3) is 0.278. The Morgan fingerprint density at radius 2 is 1.96 bits per heavy atom. The van der Waals surface area contributed by atoms with Crippen molar-refractivity contribution in [3.63, 3.8) is 0 Å². The van der Waals surface area contributed by atoms with Gasteiger partial charge < -0.3 is 19.5 Å². The van der Waals surface area contributed by atoms with Crippen LogP contribution >= 0.6 is 11.6 Å². The van der Waals surface area contributed by atoms with E-state index in [2.05, 4.69) is 5.32 Å². The molecule has 2 aromatic rings. The van der Waals surface area contributed by atoms with Crippen LogP contribution in [-0.4, -0.2) is 45.6 Å². The van der Waals surface area contributed by atoms with E-state index >= 15 is 0 Å². The quantitative estimate of drug-likeness (QED) is 0.731. The summed E-state index contributed by atoms with van der Waals surface area (Å²) in [6.07, 6.45) is 0. The maximum Gasteiger partial charge on any atom is 0.243 e. The molecule has 1 aliphatic rings. The molecule has 1 amide bonds. The number of ether oxygens (including phenoxy) is 3. The molecular formula is C18H19ClN2O6S. The first-order valence-electron chi connectivity index (χ1n) is 8.38. The van der Waals surface area contributed by atoms with Crippen molar-refractivity contribution >= 4 is 33.2 Å². The van der Waals surface area contributed by atoms with Crippen LogP contribution in [0.1, 0.15) is 6.92 Å². The average Bonchev–Trinajstić information content (AvgIpc) is 3.13. The number of benzene rings is 2. The summed E-state index contributed by atoms with van der Waals surface area (Å²) in [5, 5.41) is 2.83.